The zero-order valence-electron chi connectivity index (χ0n) is 11.5. The van der Waals surface area contributed by atoms with E-state index < -0.39 is 11.5 Å². The number of thiazole rings is 1. The Hall–Kier alpha value is -1.43. The van der Waals surface area contributed by atoms with Crippen LogP contribution in [0, 0.1) is 0 Å². The third-order valence-corrected chi connectivity index (χ3v) is 3.91. The van der Waals surface area contributed by atoms with Crippen molar-refractivity contribution in [1.29, 1.82) is 0 Å². The minimum atomic E-state index is -1.22. The Morgan fingerprint density at radius 3 is 2.63 bits per heavy atom. The molecule has 6 heteroatoms. The zero-order chi connectivity index (χ0) is 14.5. The molecule has 0 aliphatic rings. The number of amides is 1. The van der Waals surface area contributed by atoms with Gasteiger partial charge >= 0.3 is 5.97 Å². The number of aryl methyl sites for hydroxylation is 1. The van der Waals surface area contributed by atoms with Gasteiger partial charge in [-0.25, -0.2) is 9.78 Å². The van der Waals surface area contributed by atoms with Gasteiger partial charge in [-0.2, -0.15) is 0 Å². The van der Waals surface area contributed by atoms with Crippen molar-refractivity contribution in [1.82, 2.24) is 10.3 Å². The third-order valence-electron chi connectivity index (χ3n) is 2.85. The van der Waals surface area contributed by atoms with Crippen molar-refractivity contribution in [3.63, 3.8) is 0 Å². The van der Waals surface area contributed by atoms with Crippen LogP contribution in [0.4, 0.5) is 0 Å². The highest BCUT2D eigenvalue weighted by molar-refractivity contribution is 7.13. The summed E-state index contributed by atoms with van der Waals surface area (Å²) in [4.78, 5) is 27.9. The van der Waals surface area contributed by atoms with Gasteiger partial charge in [0.25, 0.3) is 5.91 Å². The van der Waals surface area contributed by atoms with Crippen molar-refractivity contribution < 1.29 is 14.7 Å². The number of carboxylic acid groups (broad SMARTS) is 1. The summed E-state index contributed by atoms with van der Waals surface area (Å²) in [7, 11) is 0. The highest BCUT2D eigenvalue weighted by Crippen LogP contribution is 2.18. The predicted octanol–water partition coefficient (Wildman–Crippen LogP) is 2.47. The van der Waals surface area contributed by atoms with Crippen LogP contribution in [-0.4, -0.2) is 27.5 Å². The summed E-state index contributed by atoms with van der Waals surface area (Å²) in [6, 6.07) is 0. The lowest BCUT2D eigenvalue weighted by Crippen LogP contribution is -2.51. The van der Waals surface area contributed by atoms with Crippen molar-refractivity contribution >= 4 is 23.2 Å². The number of nitrogens with one attached hydrogen (secondary N) is 1. The second kappa shape index (κ2) is 6.65. The summed E-state index contributed by atoms with van der Waals surface area (Å²) in [5.41, 5.74) is -1.22. The number of carbonyl (C=O) groups is 2. The maximum Gasteiger partial charge on any atom is 0.329 e. The van der Waals surface area contributed by atoms with Gasteiger partial charge in [0.05, 0.1) is 11.2 Å². The van der Waals surface area contributed by atoms with Crippen LogP contribution in [0.1, 0.15) is 54.7 Å². The molecule has 0 saturated heterocycles. The molecule has 1 atom stereocenters. The third kappa shape index (κ3) is 4.02. The normalized spacial score (nSPS) is 13.8. The number of carboxylic acids is 1. The second-order valence-corrected chi connectivity index (χ2v) is 5.82. The molecule has 0 unspecified atom stereocenters. The lowest BCUT2D eigenvalue weighted by molar-refractivity contribution is -0.144. The predicted molar refractivity (Wildman–Crippen MR) is 74.5 cm³/mol. The molecule has 0 saturated carbocycles. The van der Waals surface area contributed by atoms with Crippen molar-refractivity contribution in [2.75, 3.05) is 0 Å². The van der Waals surface area contributed by atoms with Gasteiger partial charge in [-0.3, -0.25) is 4.79 Å². The Morgan fingerprint density at radius 2 is 2.11 bits per heavy atom. The average Bonchev–Trinajstić information content (AvgIpc) is 2.78. The molecule has 1 aromatic rings. The highest BCUT2D eigenvalue weighted by atomic mass is 32.1. The molecule has 1 aromatic heterocycles. The molecule has 2 N–H and O–H groups in total. The van der Waals surface area contributed by atoms with Crippen LogP contribution in [0.25, 0.3) is 0 Å². The fraction of sp³-hybridized carbons (Fsp3) is 0.615. The van der Waals surface area contributed by atoms with E-state index in [1.807, 2.05) is 13.8 Å². The van der Waals surface area contributed by atoms with Crippen molar-refractivity contribution in [3.05, 3.63) is 16.1 Å². The van der Waals surface area contributed by atoms with Gasteiger partial charge in [0.15, 0.2) is 0 Å². The van der Waals surface area contributed by atoms with Crippen LogP contribution in [0.3, 0.4) is 0 Å². The van der Waals surface area contributed by atoms with Gasteiger partial charge in [0.2, 0.25) is 0 Å². The van der Waals surface area contributed by atoms with Gasteiger partial charge in [-0.15, -0.1) is 11.3 Å². The van der Waals surface area contributed by atoms with E-state index in [1.54, 1.807) is 0 Å². The number of aromatic nitrogens is 1. The molecule has 1 amide bonds. The number of aliphatic carboxylic acids is 1. The first-order valence-corrected chi connectivity index (χ1v) is 7.25. The molecular weight excluding hydrogens is 264 g/mol. The van der Waals surface area contributed by atoms with Crippen LogP contribution in [-0.2, 0) is 11.2 Å². The topological polar surface area (TPSA) is 79.3 Å². The van der Waals surface area contributed by atoms with E-state index >= 15 is 0 Å². The average molecular weight is 284 g/mol. The largest absolute Gasteiger partial charge is 0.480 e. The van der Waals surface area contributed by atoms with Gasteiger partial charge in [-0.1, -0.05) is 20.3 Å². The molecule has 1 heterocycles. The summed E-state index contributed by atoms with van der Waals surface area (Å²) >= 11 is 1.32. The van der Waals surface area contributed by atoms with Crippen molar-refractivity contribution in [3.8, 4) is 0 Å². The van der Waals surface area contributed by atoms with E-state index in [1.165, 1.54) is 24.5 Å². The second-order valence-electron chi connectivity index (χ2n) is 4.71. The van der Waals surface area contributed by atoms with E-state index in [2.05, 4.69) is 10.3 Å². The minimum Gasteiger partial charge on any atom is -0.480 e. The van der Waals surface area contributed by atoms with Gasteiger partial charge in [-0.05, 0) is 26.2 Å². The number of rotatable bonds is 7. The maximum absolute atomic E-state index is 12.1. The smallest absolute Gasteiger partial charge is 0.329 e. The SMILES string of the molecule is CCCc1ncc(C(=O)N[C@](C)(CCC)C(=O)O)s1. The molecule has 0 aromatic carbocycles. The molecule has 5 nitrogen and oxygen atoms in total. The Kier molecular flexibility index (Phi) is 5.47. The van der Waals surface area contributed by atoms with E-state index in [0.29, 0.717) is 17.7 Å². The summed E-state index contributed by atoms with van der Waals surface area (Å²) in [6.07, 6.45) is 4.40. The van der Waals surface area contributed by atoms with Crippen LogP contribution in [0.15, 0.2) is 6.20 Å². The molecule has 106 valence electrons. The lowest BCUT2D eigenvalue weighted by Gasteiger charge is -2.25. The summed E-state index contributed by atoms with van der Waals surface area (Å²) < 4.78 is 0. The fourth-order valence-corrected chi connectivity index (χ4v) is 2.69. The Labute approximate surface area is 117 Å². The Morgan fingerprint density at radius 1 is 1.42 bits per heavy atom. The summed E-state index contributed by atoms with van der Waals surface area (Å²) in [5.74, 6) is -1.38. The monoisotopic (exact) mass is 284 g/mol. The van der Waals surface area contributed by atoms with Crippen LogP contribution in [0.2, 0.25) is 0 Å². The molecule has 0 aliphatic heterocycles. The fourth-order valence-electron chi connectivity index (χ4n) is 1.78. The molecule has 0 radical (unpaired) electrons. The van der Waals surface area contributed by atoms with E-state index in [9.17, 15) is 14.7 Å². The van der Waals surface area contributed by atoms with Crippen molar-refractivity contribution in [2.45, 2.75) is 52.0 Å². The van der Waals surface area contributed by atoms with Crippen molar-refractivity contribution in [2.24, 2.45) is 0 Å². The minimum absolute atomic E-state index is 0.363. The van der Waals surface area contributed by atoms with E-state index in [-0.39, 0.29) is 5.91 Å². The first-order chi connectivity index (χ1) is 8.92. The van der Waals surface area contributed by atoms with Crippen LogP contribution >= 0.6 is 11.3 Å². The summed E-state index contributed by atoms with van der Waals surface area (Å²) in [5, 5.41) is 12.7. The Balaban J connectivity index is 2.78. The lowest BCUT2D eigenvalue weighted by atomic mass is 9.96. The standard InChI is InChI=1S/C13H20N2O3S/c1-4-6-10-14-8-9(19-10)11(16)15-13(3,7-5-2)12(17)18/h8H,4-7H2,1-3H3,(H,15,16)(H,17,18)/t13-/m1/s1. The summed E-state index contributed by atoms with van der Waals surface area (Å²) in [6.45, 7) is 5.47. The number of nitrogens with zero attached hydrogens (tertiary/aromatic N) is 1. The number of hydrogen-bond donors (Lipinski definition) is 2. The highest BCUT2D eigenvalue weighted by Gasteiger charge is 2.34. The maximum atomic E-state index is 12.1. The molecule has 1 rings (SSSR count). The molecule has 0 aliphatic carbocycles. The molecule has 0 spiro atoms. The van der Waals surface area contributed by atoms with E-state index in [0.717, 1.165) is 17.8 Å². The molecule has 0 bridgehead atoms. The molecule has 19 heavy (non-hydrogen) atoms. The van der Waals surface area contributed by atoms with Crippen LogP contribution < -0.4 is 5.32 Å². The number of hydrogen-bond acceptors (Lipinski definition) is 4. The molecular formula is C13H20N2O3S. The first kappa shape index (κ1) is 15.6. The zero-order valence-corrected chi connectivity index (χ0v) is 12.3. The van der Waals surface area contributed by atoms with Crippen LogP contribution in [0.5, 0.6) is 0 Å². The molecule has 0 fully saturated rings. The van der Waals surface area contributed by atoms with Gasteiger partial charge in [0, 0.05) is 0 Å². The van der Waals surface area contributed by atoms with Gasteiger partial charge in [0.1, 0.15) is 10.4 Å². The Bertz CT molecular complexity index is 458. The van der Waals surface area contributed by atoms with Gasteiger partial charge < -0.3 is 10.4 Å². The van der Waals surface area contributed by atoms with E-state index in [4.69, 9.17) is 0 Å². The quantitative estimate of drug-likeness (QED) is 0.806. The number of carbonyl (C=O) groups excluding carboxylic acids is 1. The first-order valence-electron chi connectivity index (χ1n) is 6.43.